The number of nitrogens with two attached hydrogens (primary N) is 1. The van der Waals surface area contributed by atoms with Crippen molar-refractivity contribution >= 4 is 28.8 Å². The van der Waals surface area contributed by atoms with Gasteiger partial charge in [-0.25, -0.2) is 0 Å². The number of rotatable bonds is 7. The molecule has 0 saturated heterocycles. The van der Waals surface area contributed by atoms with Gasteiger partial charge in [-0.05, 0) is 35.7 Å². The number of anilines is 1. The Hall–Kier alpha value is -2.68. The highest BCUT2D eigenvalue weighted by Crippen LogP contribution is 2.17. The lowest BCUT2D eigenvalue weighted by Crippen LogP contribution is -2.19. The Bertz CT molecular complexity index is 660. The number of halogens is 2. The predicted molar refractivity (Wildman–Crippen MR) is 82.7 cm³/mol. The Morgan fingerprint density at radius 1 is 1.30 bits per heavy atom. The predicted octanol–water partition coefficient (Wildman–Crippen LogP) is 2.63. The van der Waals surface area contributed by atoms with E-state index in [4.69, 9.17) is 10.6 Å². The Morgan fingerprint density at radius 3 is 2.65 bits per heavy atom. The van der Waals surface area contributed by atoms with E-state index in [1.54, 1.807) is 6.07 Å². The summed E-state index contributed by atoms with van der Waals surface area (Å²) in [5.74, 6) is -0.279. The lowest BCUT2D eigenvalue weighted by atomic mass is 10.3. The fourth-order valence-electron chi connectivity index (χ4n) is 1.55. The second-order valence-corrected chi connectivity index (χ2v) is 5.13. The number of hydrogen-bond donors (Lipinski definition) is 2. The Balaban J connectivity index is 1.79. The fourth-order valence-corrected chi connectivity index (χ4v) is 2.17. The quantitative estimate of drug-likeness (QED) is 0.460. The van der Waals surface area contributed by atoms with Gasteiger partial charge in [0.25, 0.3) is 5.91 Å². The molecule has 9 heteroatoms. The van der Waals surface area contributed by atoms with Gasteiger partial charge in [-0.2, -0.15) is 8.78 Å². The highest BCUT2D eigenvalue weighted by atomic mass is 32.1. The number of nitrogens with zero attached hydrogens (tertiary/aromatic N) is 1. The van der Waals surface area contributed by atoms with Crippen molar-refractivity contribution in [1.29, 1.82) is 0 Å². The first kappa shape index (κ1) is 16.7. The van der Waals surface area contributed by atoms with Crippen molar-refractivity contribution in [3.63, 3.8) is 0 Å². The van der Waals surface area contributed by atoms with Crippen LogP contribution in [-0.4, -0.2) is 25.0 Å². The summed E-state index contributed by atoms with van der Waals surface area (Å²) < 4.78 is 28.2. The van der Waals surface area contributed by atoms with Crippen molar-refractivity contribution < 1.29 is 23.1 Å². The zero-order valence-corrected chi connectivity index (χ0v) is 12.6. The number of ether oxygens (including phenoxy) is 1. The van der Waals surface area contributed by atoms with Gasteiger partial charge in [0.1, 0.15) is 5.75 Å². The molecule has 1 amide bonds. The first-order valence-corrected chi connectivity index (χ1v) is 7.26. The molecule has 0 aliphatic carbocycles. The van der Waals surface area contributed by atoms with Crippen LogP contribution in [0.2, 0.25) is 0 Å². The summed E-state index contributed by atoms with van der Waals surface area (Å²) in [4.78, 5) is 17.2. The van der Waals surface area contributed by atoms with E-state index in [0.717, 1.165) is 4.88 Å². The number of nitrogens with one attached hydrogen (secondary N) is 1. The van der Waals surface area contributed by atoms with Gasteiger partial charge in [0, 0.05) is 5.69 Å². The molecule has 1 aromatic heterocycles. The summed E-state index contributed by atoms with van der Waals surface area (Å²) in [5.41, 5.74) is 6.08. The van der Waals surface area contributed by atoms with Crippen molar-refractivity contribution in [3.8, 4) is 5.75 Å². The third-order valence-electron chi connectivity index (χ3n) is 2.50. The Kier molecular flexibility index (Phi) is 5.87. The summed E-state index contributed by atoms with van der Waals surface area (Å²) in [6.45, 7) is -3.23. The van der Waals surface area contributed by atoms with Crippen LogP contribution in [0.3, 0.4) is 0 Å². The number of benzene rings is 1. The van der Waals surface area contributed by atoms with Crippen LogP contribution in [0.4, 0.5) is 14.5 Å². The molecule has 3 N–H and O–H groups in total. The van der Waals surface area contributed by atoms with E-state index in [9.17, 15) is 13.6 Å². The van der Waals surface area contributed by atoms with Crippen molar-refractivity contribution in [3.05, 3.63) is 46.7 Å². The van der Waals surface area contributed by atoms with Gasteiger partial charge >= 0.3 is 6.61 Å². The average Bonchev–Trinajstić information content (AvgIpc) is 3.03. The number of carbonyl (C=O) groups excluding carboxylic acids is 1. The van der Waals surface area contributed by atoms with Gasteiger partial charge in [-0.15, -0.1) is 11.3 Å². The van der Waals surface area contributed by atoms with Crippen LogP contribution >= 0.6 is 11.3 Å². The second-order valence-electron chi connectivity index (χ2n) is 4.18. The first-order chi connectivity index (χ1) is 11.0. The van der Waals surface area contributed by atoms with Crippen LogP contribution in [-0.2, 0) is 9.63 Å². The van der Waals surface area contributed by atoms with Gasteiger partial charge in [0.15, 0.2) is 12.4 Å². The summed E-state index contributed by atoms with van der Waals surface area (Å²) in [7, 11) is 0. The molecule has 122 valence electrons. The third kappa shape index (κ3) is 5.55. The molecular weight excluding hydrogens is 328 g/mol. The molecule has 0 atom stereocenters. The van der Waals surface area contributed by atoms with E-state index in [-0.39, 0.29) is 18.2 Å². The number of carbonyl (C=O) groups is 1. The lowest BCUT2D eigenvalue weighted by Gasteiger charge is -2.07. The molecule has 0 fully saturated rings. The van der Waals surface area contributed by atoms with Crippen molar-refractivity contribution in [2.24, 2.45) is 10.9 Å². The van der Waals surface area contributed by atoms with E-state index in [2.05, 4.69) is 15.2 Å². The van der Waals surface area contributed by atoms with Gasteiger partial charge in [0.2, 0.25) is 0 Å². The van der Waals surface area contributed by atoms with Crippen molar-refractivity contribution in [2.45, 2.75) is 6.61 Å². The highest BCUT2D eigenvalue weighted by molar-refractivity contribution is 7.12. The molecule has 6 nitrogen and oxygen atoms in total. The number of oxime groups is 1. The normalized spacial score (nSPS) is 11.3. The molecule has 2 aromatic rings. The fraction of sp³-hybridized carbons (Fsp3) is 0.143. The minimum absolute atomic E-state index is 0.00238. The summed E-state index contributed by atoms with van der Waals surface area (Å²) in [6, 6.07) is 9.08. The van der Waals surface area contributed by atoms with Crippen LogP contribution in [0.25, 0.3) is 0 Å². The maximum atomic E-state index is 12.0. The molecule has 0 bridgehead atoms. The first-order valence-electron chi connectivity index (χ1n) is 6.38. The molecule has 2 rings (SSSR count). The summed E-state index contributed by atoms with van der Waals surface area (Å²) >= 11 is 1.40. The van der Waals surface area contributed by atoms with Crippen molar-refractivity contribution in [1.82, 2.24) is 0 Å². The van der Waals surface area contributed by atoms with Gasteiger partial charge in [-0.3, -0.25) is 4.79 Å². The molecule has 23 heavy (non-hydrogen) atoms. The van der Waals surface area contributed by atoms with E-state index in [0.29, 0.717) is 5.69 Å². The molecule has 1 aromatic carbocycles. The Morgan fingerprint density at radius 2 is 2.04 bits per heavy atom. The topological polar surface area (TPSA) is 85.9 Å². The number of amides is 1. The molecule has 0 spiro atoms. The minimum atomic E-state index is -2.89. The van der Waals surface area contributed by atoms with Crippen LogP contribution in [0.5, 0.6) is 5.75 Å². The lowest BCUT2D eigenvalue weighted by molar-refractivity contribution is -0.120. The SMILES string of the molecule is N/C(=N\OCC(=O)Nc1ccc(OC(F)F)cc1)c1cccs1. The van der Waals surface area contributed by atoms with E-state index in [1.807, 2.05) is 11.4 Å². The summed E-state index contributed by atoms with van der Waals surface area (Å²) in [6.07, 6.45) is 0. The molecule has 0 unspecified atom stereocenters. The number of alkyl halides is 2. The number of hydrogen-bond acceptors (Lipinski definition) is 5. The minimum Gasteiger partial charge on any atom is -0.435 e. The molecule has 0 aliphatic heterocycles. The van der Waals surface area contributed by atoms with Gasteiger partial charge in [-0.1, -0.05) is 11.2 Å². The summed E-state index contributed by atoms with van der Waals surface area (Å²) in [5, 5.41) is 7.99. The standard InChI is InChI=1S/C14H13F2N3O3S/c15-14(16)22-10-5-3-9(4-6-10)18-12(20)8-21-19-13(17)11-2-1-7-23-11/h1-7,14H,8H2,(H2,17,19)(H,18,20). The molecule has 0 aliphatic rings. The van der Waals surface area contributed by atoms with Crippen LogP contribution < -0.4 is 15.8 Å². The van der Waals surface area contributed by atoms with Gasteiger partial charge in [0.05, 0.1) is 4.88 Å². The van der Waals surface area contributed by atoms with E-state index in [1.165, 1.54) is 35.6 Å². The average molecular weight is 341 g/mol. The maximum Gasteiger partial charge on any atom is 0.387 e. The van der Waals surface area contributed by atoms with Crippen LogP contribution in [0.1, 0.15) is 4.88 Å². The second kappa shape index (κ2) is 8.08. The van der Waals surface area contributed by atoms with E-state index >= 15 is 0 Å². The van der Waals surface area contributed by atoms with Gasteiger partial charge < -0.3 is 20.6 Å². The highest BCUT2D eigenvalue weighted by Gasteiger charge is 2.06. The maximum absolute atomic E-state index is 12.0. The Labute approximate surface area is 134 Å². The largest absolute Gasteiger partial charge is 0.435 e. The zero-order chi connectivity index (χ0) is 16.7. The molecule has 0 radical (unpaired) electrons. The third-order valence-corrected chi connectivity index (χ3v) is 3.39. The smallest absolute Gasteiger partial charge is 0.387 e. The number of amidine groups is 1. The van der Waals surface area contributed by atoms with Crippen LogP contribution in [0.15, 0.2) is 46.9 Å². The monoisotopic (exact) mass is 341 g/mol. The zero-order valence-electron chi connectivity index (χ0n) is 11.7. The molecule has 0 saturated carbocycles. The number of thiophene rings is 1. The van der Waals surface area contributed by atoms with Crippen molar-refractivity contribution in [2.75, 3.05) is 11.9 Å². The van der Waals surface area contributed by atoms with E-state index < -0.39 is 12.5 Å². The van der Waals surface area contributed by atoms with Crippen LogP contribution in [0, 0.1) is 0 Å². The molecular formula is C14H13F2N3O3S. The molecule has 1 heterocycles.